The van der Waals surface area contributed by atoms with E-state index in [4.69, 9.17) is 16.3 Å². The molecule has 2 heterocycles. The summed E-state index contributed by atoms with van der Waals surface area (Å²) >= 11 is 5.83. The molecule has 30 heavy (non-hydrogen) atoms. The summed E-state index contributed by atoms with van der Waals surface area (Å²) < 4.78 is 5.33. The van der Waals surface area contributed by atoms with E-state index in [2.05, 4.69) is 5.32 Å². The number of halogens is 1. The van der Waals surface area contributed by atoms with Crippen molar-refractivity contribution in [2.45, 2.75) is 18.5 Å². The largest absolute Gasteiger partial charge is 0.508 e. The highest BCUT2D eigenvalue weighted by Crippen LogP contribution is 2.21. The van der Waals surface area contributed by atoms with Crippen molar-refractivity contribution in [1.82, 2.24) is 15.1 Å². The first-order valence-corrected chi connectivity index (χ1v) is 9.89. The van der Waals surface area contributed by atoms with Gasteiger partial charge in [0.1, 0.15) is 23.6 Å². The summed E-state index contributed by atoms with van der Waals surface area (Å²) in [4.78, 5) is 41.0. The van der Waals surface area contributed by atoms with E-state index in [9.17, 15) is 19.5 Å². The molecule has 2 aromatic carbocycles. The third kappa shape index (κ3) is 4.18. The van der Waals surface area contributed by atoms with Crippen LogP contribution in [-0.2, 0) is 16.0 Å². The predicted octanol–water partition coefficient (Wildman–Crippen LogP) is 1.80. The number of fused-ring (bicyclic) bond motifs is 1. The van der Waals surface area contributed by atoms with Gasteiger partial charge < -0.3 is 25.0 Å². The molecule has 2 saturated heterocycles. The number of aromatic hydroxyl groups is 1. The minimum atomic E-state index is -0.750. The maximum absolute atomic E-state index is 12.9. The Morgan fingerprint density at radius 3 is 2.50 bits per heavy atom. The van der Waals surface area contributed by atoms with Crippen LogP contribution in [0.3, 0.4) is 0 Å². The molecule has 8 nitrogen and oxygen atoms in total. The zero-order chi connectivity index (χ0) is 21.3. The quantitative estimate of drug-likeness (QED) is 0.775. The van der Waals surface area contributed by atoms with Crippen molar-refractivity contribution < 1.29 is 24.2 Å². The first-order chi connectivity index (χ1) is 14.4. The zero-order valence-electron chi connectivity index (χ0n) is 16.0. The van der Waals surface area contributed by atoms with E-state index in [0.29, 0.717) is 17.2 Å². The van der Waals surface area contributed by atoms with E-state index >= 15 is 0 Å². The Kier molecular flexibility index (Phi) is 5.50. The fourth-order valence-electron chi connectivity index (χ4n) is 3.64. The number of benzene rings is 2. The monoisotopic (exact) mass is 429 g/mol. The molecule has 0 aromatic heterocycles. The molecular weight excluding hydrogens is 410 g/mol. The van der Waals surface area contributed by atoms with Gasteiger partial charge in [0.25, 0.3) is 0 Å². The molecule has 2 aromatic rings. The number of carbonyl (C=O) groups excluding carboxylic acids is 3. The number of carbonyl (C=O) groups is 3. The second kappa shape index (κ2) is 8.23. The Morgan fingerprint density at radius 2 is 1.80 bits per heavy atom. The highest BCUT2D eigenvalue weighted by molar-refractivity contribution is 6.30. The molecule has 0 saturated carbocycles. The number of phenolic OH excluding ortho intramolecular Hbond substituents is 1. The maximum Gasteiger partial charge on any atom is 0.415 e. The Labute approximate surface area is 178 Å². The van der Waals surface area contributed by atoms with E-state index in [-0.39, 0.29) is 37.2 Å². The van der Waals surface area contributed by atoms with Crippen molar-refractivity contribution >= 4 is 29.5 Å². The van der Waals surface area contributed by atoms with Gasteiger partial charge in [0.15, 0.2) is 0 Å². The van der Waals surface area contributed by atoms with Gasteiger partial charge in [0.2, 0.25) is 11.8 Å². The van der Waals surface area contributed by atoms with Gasteiger partial charge in [-0.1, -0.05) is 23.7 Å². The highest BCUT2D eigenvalue weighted by atomic mass is 35.5. The van der Waals surface area contributed by atoms with E-state index in [1.54, 1.807) is 48.5 Å². The van der Waals surface area contributed by atoms with E-state index in [0.717, 1.165) is 5.56 Å². The van der Waals surface area contributed by atoms with Gasteiger partial charge in [-0.15, -0.1) is 0 Å². The highest BCUT2D eigenvalue weighted by Gasteiger charge is 2.44. The number of nitrogens with one attached hydrogen (secondary N) is 1. The summed E-state index contributed by atoms with van der Waals surface area (Å²) in [5, 5.41) is 12.7. The van der Waals surface area contributed by atoms with Crippen molar-refractivity contribution in [3.63, 3.8) is 0 Å². The molecule has 2 atom stereocenters. The van der Waals surface area contributed by atoms with Gasteiger partial charge in [-0.25, -0.2) is 4.79 Å². The average Bonchev–Trinajstić information content (AvgIpc) is 2.74. The number of rotatable bonds is 3. The van der Waals surface area contributed by atoms with Crippen LogP contribution in [0.15, 0.2) is 48.5 Å². The lowest BCUT2D eigenvalue weighted by molar-refractivity contribution is -0.152. The SMILES string of the molecule is O=C1N[C@H](Cc2ccc(O)cc2)C(=O)N2CCN(C(=O)Oc3ccc(Cl)cc3)C[C@H]12. The lowest BCUT2D eigenvalue weighted by Crippen LogP contribution is -2.70. The van der Waals surface area contributed by atoms with Crippen LogP contribution in [0.4, 0.5) is 4.79 Å². The minimum Gasteiger partial charge on any atom is -0.508 e. The van der Waals surface area contributed by atoms with Crippen LogP contribution in [0.5, 0.6) is 11.5 Å². The van der Waals surface area contributed by atoms with E-state index < -0.39 is 18.2 Å². The first kappa shape index (κ1) is 20.0. The standard InChI is InChI=1S/C21H20ClN3O5/c22-14-3-7-16(8-4-14)30-21(29)24-9-10-25-18(12-24)19(27)23-17(20(25)28)11-13-1-5-15(26)6-2-13/h1-8,17-18,26H,9-12H2,(H,23,27)/t17-,18-/m1/s1. The number of hydrogen-bond donors (Lipinski definition) is 2. The number of piperazine rings is 2. The van der Waals surface area contributed by atoms with Crippen molar-refractivity contribution in [2.24, 2.45) is 0 Å². The van der Waals surface area contributed by atoms with Crippen LogP contribution in [0.25, 0.3) is 0 Å². The van der Waals surface area contributed by atoms with Gasteiger partial charge >= 0.3 is 6.09 Å². The molecule has 0 spiro atoms. The molecule has 0 radical (unpaired) electrons. The van der Waals surface area contributed by atoms with Crippen molar-refractivity contribution in [1.29, 1.82) is 0 Å². The molecule has 4 rings (SSSR count). The summed E-state index contributed by atoms with van der Waals surface area (Å²) in [7, 11) is 0. The molecule has 0 unspecified atom stereocenters. The van der Waals surface area contributed by atoms with Crippen LogP contribution in [0.2, 0.25) is 5.02 Å². The maximum atomic E-state index is 12.9. The topological polar surface area (TPSA) is 99.2 Å². The number of hydrogen-bond acceptors (Lipinski definition) is 5. The van der Waals surface area contributed by atoms with E-state index in [1.165, 1.54) is 9.80 Å². The molecule has 0 aliphatic carbocycles. The predicted molar refractivity (Wildman–Crippen MR) is 108 cm³/mol. The normalized spacial score (nSPS) is 21.1. The van der Waals surface area contributed by atoms with E-state index in [1.807, 2.05) is 0 Å². The lowest BCUT2D eigenvalue weighted by atomic mass is 9.98. The Bertz CT molecular complexity index is 964. The van der Waals surface area contributed by atoms with Gasteiger partial charge in [-0.2, -0.15) is 0 Å². The lowest BCUT2D eigenvalue weighted by Gasteiger charge is -2.44. The number of phenols is 1. The van der Waals surface area contributed by atoms with Gasteiger partial charge in [0, 0.05) is 24.5 Å². The molecule has 0 bridgehead atoms. The van der Waals surface area contributed by atoms with Crippen LogP contribution in [-0.4, -0.2) is 64.5 Å². The molecule has 2 aliphatic heterocycles. The van der Waals surface area contributed by atoms with Crippen LogP contribution in [0.1, 0.15) is 5.56 Å². The smallest absolute Gasteiger partial charge is 0.415 e. The second-order valence-corrected chi connectivity index (χ2v) is 7.68. The van der Waals surface area contributed by atoms with Gasteiger partial charge in [-0.3, -0.25) is 9.59 Å². The Hall–Kier alpha value is -3.26. The van der Waals surface area contributed by atoms with Crippen LogP contribution >= 0.6 is 11.6 Å². The van der Waals surface area contributed by atoms with Crippen molar-refractivity contribution in [3.8, 4) is 11.5 Å². The molecule has 2 N–H and O–H groups in total. The fraction of sp³-hybridized carbons (Fsp3) is 0.286. The van der Waals surface area contributed by atoms with Crippen LogP contribution < -0.4 is 10.1 Å². The Morgan fingerprint density at radius 1 is 1.10 bits per heavy atom. The molecule has 3 amide bonds. The average molecular weight is 430 g/mol. The molecule has 2 fully saturated rings. The second-order valence-electron chi connectivity index (χ2n) is 7.25. The summed E-state index contributed by atoms with van der Waals surface area (Å²) in [6.07, 6.45) is -0.250. The first-order valence-electron chi connectivity index (χ1n) is 9.52. The molecule has 9 heteroatoms. The minimum absolute atomic E-state index is 0.0654. The van der Waals surface area contributed by atoms with Gasteiger partial charge in [0.05, 0.1) is 6.54 Å². The molecule has 2 aliphatic rings. The number of ether oxygens (including phenoxy) is 1. The third-order valence-corrected chi connectivity index (χ3v) is 5.49. The summed E-state index contributed by atoms with van der Waals surface area (Å²) in [5.41, 5.74) is 0.829. The third-order valence-electron chi connectivity index (χ3n) is 5.23. The Balaban J connectivity index is 1.39. The molecule has 156 valence electrons. The number of nitrogens with zero attached hydrogens (tertiary/aromatic N) is 2. The van der Waals surface area contributed by atoms with Gasteiger partial charge in [-0.05, 0) is 42.0 Å². The molecular formula is C21H20ClN3O5. The summed E-state index contributed by atoms with van der Waals surface area (Å²) in [6, 6.07) is 11.5. The van der Waals surface area contributed by atoms with Crippen molar-refractivity contribution in [3.05, 3.63) is 59.1 Å². The summed E-state index contributed by atoms with van der Waals surface area (Å²) in [6.45, 7) is 0.586. The summed E-state index contributed by atoms with van der Waals surface area (Å²) in [5.74, 6) is 0.00477. The van der Waals surface area contributed by atoms with Crippen molar-refractivity contribution in [2.75, 3.05) is 19.6 Å². The fourth-order valence-corrected chi connectivity index (χ4v) is 3.77. The van der Waals surface area contributed by atoms with Crippen LogP contribution in [0, 0.1) is 0 Å². The zero-order valence-corrected chi connectivity index (χ0v) is 16.7. The number of amides is 3.